The number of nitrogens with one attached hydrogen (secondary N) is 1. The van der Waals surface area contributed by atoms with E-state index in [2.05, 4.69) is 10.3 Å². The molecule has 3 N–H and O–H groups in total. The number of thiazole rings is 1. The van der Waals surface area contributed by atoms with Crippen molar-refractivity contribution in [2.75, 3.05) is 11.9 Å². The maximum Gasteiger partial charge on any atom is 0.358 e. The van der Waals surface area contributed by atoms with Gasteiger partial charge in [-0.25, -0.2) is 14.2 Å². The average molecular weight is 399 g/mol. The van der Waals surface area contributed by atoms with Crippen LogP contribution < -0.4 is 11.1 Å². The number of hydrogen-bond acceptors (Lipinski definition) is 6. The third-order valence-electron chi connectivity index (χ3n) is 3.59. The number of anilines is 1. The Morgan fingerprint density at radius 2 is 1.75 bits per heavy atom. The van der Waals surface area contributed by atoms with Crippen LogP contribution >= 0.6 is 11.3 Å². The van der Waals surface area contributed by atoms with E-state index in [9.17, 15) is 18.8 Å². The van der Waals surface area contributed by atoms with Crippen molar-refractivity contribution in [2.45, 2.75) is 0 Å². The normalized spacial score (nSPS) is 10.3. The summed E-state index contributed by atoms with van der Waals surface area (Å²) in [5, 5.41) is 4.56. The Balaban J connectivity index is 1.54. The minimum Gasteiger partial charge on any atom is -0.451 e. The van der Waals surface area contributed by atoms with Crippen LogP contribution in [0.15, 0.2) is 53.9 Å². The summed E-state index contributed by atoms with van der Waals surface area (Å²) in [5.74, 6) is -2.23. The molecule has 0 saturated carbocycles. The van der Waals surface area contributed by atoms with E-state index in [0.29, 0.717) is 21.8 Å². The molecule has 0 bridgehead atoms. The Bertz CT molecular complexity index is 1020. The first-order chi connectivity index (χ1) is 13.4. The summed E-state index contributed by atoms with van der Waals surface area (Å²) in [6.45, 7) is -0.500. The first-order valence-electron chi connectivity index (χ1n) is 8.00. The first kappa shape index (κ1) is 19.2. The number of primary amides is 1. The van der Waals surface area contributed by atoms with Gasteiger partial charge in [-0.3, -0.25) is 9.59 Å². The predicted octanol–water partition coefficient (Wildman–Crippen LogP) is 2.84. The monoisotopic (exact) mass is 399 g/mol. The molecule has 3 rings (SSSR count). The van der Waals surface area contributed by atoms with Crippen LogP contribution in [0, 0.1) is 5.82 Å². The molecule has 2 amide bonds. The summed E-state index contributed by atoms with van der Waals surface area (Å²) < 4.78 is 17.9. The largest absolute Gasteiger partial charge is 0.451 e. The highest BCUT2D eigenvalue weighted by Crippen LogP contribution is 2.24. The number of nitrogens with zero attached hydrogens (tertiary/aromatic N) is 1. The number of nitrogens with two attached hydrogens (primary N) is 1. The minimum atomic E-state index is -0.746. The van der Waals surface area contributed by atoms with E-state index in [1.165, 1.54) is 53.1 Å². The molecule has 1 heterocycles. The van der Waals surface area contributed by atoms with Gasteiger partial charge in [0.1, 0.15) is 10.8 Å². The number of amides is 2. The number of ether oxygens (including phenoxy) is 1. The molecule has 1 aromatic heterocycles. The molecule has 2 aromatic carbocycles. The van der Waals surface area contributed by atoms with Gasteiger partial charge >= 0.3 is 5.97 Å². The van der Waals surface area contributed by atoms with Crippen molar-refractivity contribution >= 4 is 34.8 Å². The van der Waals surface area contributed by atoms with E-state index in [1.807, 2.05) is 0 Å². The van der Waals surface area contributed by atoms with Crippen LogP contribution in [0.5, 0.6) is 0 Å². The van der Waals surface area contributed by atoms with Gasteiger partial charge in [0.25, 0.3) is 5.91 Å². The number of rotatable bonds is 6. The SMILES string of the molecule is NC(=O)c1ccc(NC(=O)COC(=O)c2csc(-c3ccc(F)cc3)n2)cc1. The maximum atomic E-state index is 13.0. The smallest absolute Gasteiger partial charge is 0.358 e. The molecular weight excluding hydrogens is 385 g/mol. The lowest BCUT2D eigenvalue weighted by atomic mass is 10.2. The molecule has 0 unspecified atom stereocenters. The van der Waals surface area contributed by atoms with Gasteiger partial charge in [-0.2, -0.15) is 0 Å². The number of hydrogen-bond donors (Lipinski definition) is 2. The molecule has 0 spiro atoms. The van der Waals surface area contributed by atoms with Crippen LogP contribution in [-0.4, -0.2) is 29.4 Å². The van der Waals surface area contributed by atoms with Gasteiger partial charge in [-0.1, -0.05) is 0 Å². The molecule has 0 aliphatic heterocycles. The number of carbonyl (C=O) groups is 3. The summed E-state index contributed by atoms with van der Waals surface area (Å²) in [7, 11) is 0. The third kappa shape index (κ3) is 4.77. The number of esters is 1. The lowest BCUT2D eigenvalue weighted by Gasteiger charge is -2.06. The highest BCUT2D eigenvalue weighted by atomic mass is 32.1. The summed E-state index contributed by atoms with van der Waals surface area (Å²) >= 11 is 1.20. The zero-order valence-electron chi connectivity index (χ0n) is 14.3. The second kappa shape index (κ2) is 8.40. The molecule has 0 aliphatic carbocycles. The maximum absolute atomic E-state index is 13.0. The van der Waals surface area contributed by atoms with Crippen LogP contribution in [0.1, 0.15) is 20.8 Å². The summed E-state index contributed by atoms with van der Waals surface area (Å²) in [6, 6.07) is 11.7. The van der Waals surface area contributed by atoms with E-state index in [0.717, 1.165) is 0 Å². The highest BCUT2D eigenvalue weighted by molar-refractivity contribution is 7.13. The lowest BCUT2D eigenvalue weighted by Crippen LogP contribution is -2.21. The molecule has 3 aromatic rings. The molecule has 0 fully saturated rings. The second-order valence-electron chi connectivity index (χ2n) is 5.61. The van der Waals surface area contributed by atoms with Crippen molar-refractivity contribution in [3.63, 3.8) is 0 Å². The van der Waals surface area contributed by atoms with Crippen LogP contribution in [-0.2, 0) is 9.53 Å². The lowest BCUT2D eigenvalue weighted by molar-refractivity contribution is -0.119. The van der Waals surface area contributed by atoms with Crippen molar-refractivity contribution in [3.05, 3.63) is 71.0 Å². The molecule has 28 heavy (non-hydrogen) atoms. The van der Waals surface area contributed by atoms with Gasteiger partial charge in [-0.15, -0.1) is 11.3 Å². The van der Waals surface area contributed by atoms with Crippen molar-refractivity contribution in [1.82, 2.24) is 4.98 Å². The predicted molar refractivity (Wildman–Crippen MR) is 101 cm³/mol. The zero-order chi connectivity index (χ0) is 20.1. The summed E-state index contributed by atoms with van der Waals surface area (Å²) in [5.41, 5.74) is 6.61. The van der Waals surface area contributed by atoms with Crippen LogP contribution in [0.2, 0.25) is 0 Å². The molecule has 0 atom stereocenters. The Labute approximate surface area is 163 Å². The number of aromatic nitrogens is 1. The second-order valence-corrected chi connectivity index (χ2v) is 6.47. The molecule has 0 radical (unpaired) electrons. The van der Waals surface area contributed by atoms with Crippen molar-refractivity contribution < 1.29 is 23.5 Å². The third-order valence-corrected chi connectivity index (χ3v) is 4.48. The Hall–Kier alpha value is -3.59. The first-order valence-corrected chi connectivity index (χ1v) is 8.88. The van der Waals surface area contributed by atoms with Gasteiger partial charge in [-0.05, 0) is 48.5 Å². The van der Waals surface area contributed by atoms with Crippen molar-refractivity contribution in [3.8, 4) is 10.6 Å². The van der Waals surface area contributed by atoms with Crippen molar-refractivity contribution in [1.29, 1.82) is 0 Å². The van der Waals surface area contributed by atoms with Gasteiger partial charge in [0.05, 0.1) is 0 Å². The average Bonchev–Trinajstić information content (AvgIpc) is 3.17. The van der Waals surface area contributed by atoms with Crippen LogP contribution in [0.25, 0.3) is 10.6 Å². The Morgan fingerprint density at radius 1 is 1.07 bits per heavy atom. The minimum absolute atomic E-state index is 0.0583. The highest BCUT2D eigenvalue weighted by Gasteiger charge is 2.15. The Kier molecular flexibility index (Phi) is 5.75. The van der Waals surface area contributed by atoms with Crippen LogP contribution in [0.3, 0.4) is 0 Å². The van der Waals surface area contributed by atoms with E-state index in [1.54, 1.807) is 12.1 Å². The van der Waals surface area contributed by atoms with Crippen molar-refractivity contribution in [2.24, 2.45) is 5.73 Å². The number of benzene rings is 2. The Morgan fingerprint density at radius 3 is 2.39 bits per heavy atom. The summed E-state index contributed by atoms with van der Waals surface area (Å²) in [4.78, 5) is 39.1. The molecule has 7 nitrogen and oxygen atoms in total. The molecule has 0 aliphatic rings. The van der Waals surface area contributed by atoms with E-state index in [4.69, 9.17) is 10.5 Å². The fourth-order valence-corrected chi connectivity index (χ4v) is 3.01. The van der Waals surface area contributed by atoms with E-state index in [-0.39, 0.29) is 11.5 Å². The van der Waals surface area contributed by atoms with E-state index >= 15 is 0 Å². The zero-order valence-corrected chi connectivity index (χ0v) is 15.2. The molecule has 0 saturated heterocycles. The van der Waals surface area contributed by atoms with Gasteiger partial charge in [0.15, 0.2) is 12.3 Å². The quantitative estimate of drug-likeness (QED) is 0.619. The molecular formula is C19H14FN3O4S. The van der Waals surface area contributed by atoms with Gasteiger partial charge in [0, 0.05) is 22.2 Å². The summed E-state index contributed by atoms with van der Waals surface area (Å²) in [6.07, 6.45) is 0. The fraction of sp³-hybridized carbons (Fsp3) is 0.0526. The number of carbonyl (C=O) groups excluding carboxylic acids is 3. The van der Waals surface area contributed by atoms with Gasteiger partial charge in [0.2, 0.25) is 5.91 Å². The fourth-order valence-electron chi connectivity index (χ4n) is 2.21. The van der Waals surface area contributed by atoms with Gasteiger partial charge < -0.3 is 15.8 Å². The standard InChI is InChI=1S/C19H14FN3O4S/c20-13-5-1-12(2-6-13)18-23-15(10-28-18)19(26)27-9-16(24)22-14-7-3-11(4-8-14)17(21)25/h1-8,10H,9H2,(H2,21,25)(H,22,24). The molecule has 142 valence electrons. The van der Waals surface area contributed by atoms with E-state index < -0.39 is 24.4 Å². The topological polar surface area (TPSA) is 111 Å². The van der Waals surface area contributed by atoms with Crippen LogP contribution in [0.4, 0.5) is 10.1 Å². The number of halogens is 1. The molecule has 9 heteroatoms.